The maximum absolute atomic E-state index is 12.9. The maximum Gasteiger partial charge on any atom is 0.313 e. The lowest BCUT2D eigenvalue weighted by atomic mass is 10.1. The van der Waals surface area contributed by atoms with Crippen molar-refractivity contribution in [2.75, 3.05) is 18.1 Å². The van der Waals surface area contributed by atoms with Gasteiger partial charge < -0.3 is 9.47 Å². The molecule has 0 bridgehead atoms. The number of amides is 1. The summed E-state index contributed by atoms with van der Waals surface area (Å²) >= 11 is 0. The van der Waals surface area contributed by atoms with Crippen LogP contribution < -0.4 is 15.2 Å². The minimum Gasteiger partial charge on any atom is -0.476 e. The fraction of sp³-hybridized carbons (Fsp3) is 0.421. The number of hydrogen-bond acceptors (Lipinski definition) is 5. The molecule has 0 aliphatic carbocycles. The first-order valence-electron chi connectivity index (χ1n) is 8.90. The number of carbonyl (C=O) groups is 1. The molecule has 0 radical (unpaired) electrons. The summed E-state index contributed by atoms with van der Waals surface area (Å²) in [5, 5.41) is 4.28. The van der Waals surface area contributed by atoms with Gasteiger partial charge in [-0.2, -0.15) is 9.78 Å². The number of aromatic nitrogens is 2. The van der Waals surface area contributed by atoms with Gasteiger partial charge in [-0.25, -0.2) is 0 Å². The van der Waals surface area contributed by atoms with E-state index in [0.29, 0.717) is 12.3 Å². The lowest BCUT2D eigenvalue weighted by molar-refractivity contribution is -0.121. The van der Waals surface area contributed by atoms with E-state index in [-0.39, 0.29) is 36.1 Å². The van der Waals surface area contributed by atoms with Crippen molar-refractivity contribution in [2.45, 2.75) is 38.5 Å². The first-order valence-corrected chi connectivity index (χ1v) is 8.90. The Morgan fingerprint density at radius 2 is 2.00 bits per heavy atom. The van der Waals surface area contributed by atoms with Crippen molar-refractivity contribution in [1.29, 1.82) is 0 Å². The monoisotopic (exact) mass is 355 g/mol. The molecule has 3 heterocycles. The average molecular weight is 355 g/mol. The molecule has 4 rings (SSSR count). The molecule has 1 aromatic carbocycles. The quantitative estimate of drug-likeness (QED) is 0.845. The van der Waals surface area contributed by atoms with Crippen molar-refractivity contribution in [3.8, 4) is 5.75 Å². The van der Waals surface area contributed by atoms with Crippen LogP contribution in [0.5, 0.6) is 5.75 Å². The van der Waals surface area contributed by atoms with Crippen LogP contribution >= 0.6 is 0 Å². The fourth-order valence-corrected chi connectivity index (χ4v) is 3.51. The molecular formula is C19H21N3O4. The molecule has 0 spiro atoms. The van der Waals surface area contributed by atoms with E-state index in [2.05, 4.69) is 5.10 Å². The Bertz CT molecular complexity index is 859. The van der Waals surface area contributed by atoms with Crippen molar-refractivity contribution < 1.29 is 14.3 Å². The van der Waals surface area contributed by atoms with E-state index in [9.17, 15) is 9.59 Å². The van der Waals surface area contributed by atoms with Gasteiger partial charge in [0.1, 0.15) is 5.69 Å². The molecule has 1 unspecified atom stereocenters. The van der Waals surface area contributed by atoms with Crippen LogP contribution in [0.2, 0.25) is 0 Å². The number of benzene rings is 1. The van der Waals surface area contributed by atoms with Gasteiger partial charge in [0.15, 0.2) is 12.8 Å². The van der Waals surface area contributed by atoms with E-state index in [1.54, 1.807) is 4.90 Å². The molecule has 7 heteroatoms. The first-order chi connectivity index (χ1) is 12.7. The Hall–Kier alpha value is -2.67. The van der Waals surface area contributed by atoms with Crippen LogP contribution in [0.25, 0.3) is 0 Å². The van der Waals surface area contributed by atoms with Gasteiger partial charge in [-0.1, -0.05) is 30.3 Å². The number of rotatable bonds is 3. The van der Waals surface area contributed by atoms with Gasteiger partial charge in [-0.05, 0) is 31.7 Å². The van der Waals surface area contributed by atoms with Crippen molar-refractivity contribution >= 4 is 11.6 Å². The summed E-state index contributed by atoms with van der Waals surface area (Å²) in [6.45, 7) is 2.39. The normalized spacial score (nSPS) is 21.0. The molecule has 1 aromatic heterocycles. The molecule has 2 atom stereocenters. The summed E-state index contributed by atoms with van der Waals surface area (Å²) in [7, 11) is 0. The van der Waals surface area contributed by atoms with Gasteiger partial charge in [0.05, 0.1) is 12.2 Å². The van der Waals surface area contributed by atoms with Crippen LogP contribution in [-0.4, -0.2) is 28.9 Å². The fourth-order valence-electron chi connectivity index (χ4n) is 3.51. The van der Waals surface area contributed by atoms with Gasteiger partial charge >= 0.3 is 5.56 Å². The predicted molar refractivity (Wildman–Crippen MR) is 95.2 cm³/mol. The minimum absolute atomic E-state index is 0.158. The van der Waals surface area contributed by atoms with E-state index in [1.807, 2.05) is 37.3 Å². The second-order valence-electron chi connectivity index (χ2n) is 6.57. The minimum atomic E-state index is -0.372. The highest BCUT2D eigenvalue weighted by Crippen LogP contribution is 2.35. The van der Waals surface area contributed by atoms with Crippen molar-refractivity contribution in [1.82, 2.24) is 9.78 Å². The zero-order valence-corrected chi connectivity index (χ0v) is 14.6. The molecule has 1 amide bonds. The highest BCUT2D eigenvalue weighted by atomic mass is 16.5. The summed E-state index contributed by atoms with van der Waals surface area (Å²) in [5.74, 6) is -0.0294. The lowest BCUT2D eigenvalue weighted by Crippen LogP contribution is -2.44. The molecule has 2 aromatic rings. The molecule has 0 saturated carbocycles. The number of nitrogens with zero attached hydrogens (tertiary/aromatic N) is 3. The number of anilines is 1. The number of hydrogen-bond donors (Lipinski definition) is 0. The Morgan fingerprint density at radius 1 is 1.19 bits per heavy atom. The second-order valence-corrected chi connectivity index (χ2v) is 6.57. The van der Waals surface area contributed by atoms with Gasteiger partial charge in [0.25, 0.3) is 5.91 Å². The van der Waals surface area contributed by atoms with E-state index in [1.165, 1.54) is 10.9 Å². The molecule has 2 aliphatic rings. The molecule has 7 nitrogen and oxygen atoms in total. The number of ether oxygens (including phenoxy) is 2. The van der Waals surface area contributed by atoms with E-state index < -0.39 is 0 Å². The zero-order valence-electron chi connectivity index (χ0n) is 14.6. The lowest BCUT2D eigenvalue weighted by Gasteiger charge is -2.34. The van der Waals surface area contributed by atoms with E-state index >= 15 is 0 Å². The molecular weight excluding hydrogens is 334 g/mol. The summed E-state index contributed by atoms with van der Waals surface area (Å²) in [6, 6.07) is 9.46. The second kappa shape index (κ2) is 6.92. The Balaban J connectivity index is 1.73. The Morgan fingerprint density at radius 3 is 2.73 bits per heavy atom. The smallest absolute Gasteiger partial charge is 0.313 e. The molecule has 26 heavy (non-hydrogen) atoms. The van der Waals surface area contributed by atoms with Crippen LogP contribution in [0.3, 0.4) is 0 Å². The third-order valence-electron chi connectivity index (χ3n) is 4.91. The van der Waals surface area contributed by atoms with Crippen molar-refractivity contribution in [3.05, 3.63) is 52.4 Å². The van der Waals surface area contributed by atoms with Crippen LogP contribution in [0.15, 0.2) is 41.3 Å². The third-order valence-corrected chi connectivity index (χ3v) is 4.91. The molecule has 0 N–H and O–H groups in total. The predicted octanol–water partition coefficient (Wildman–Crippen LogP) is 2.43. The molecule has 136 valence electrons. The first kappa shape index (κ1) is 16.8. The highest BCUT2D eigenvalue weighted by Gasteiger charge is 2.34. The van der Waals surface area contributed by atoms with E-state index in [4.69, 9.17) is 9.47 Å². The highest BCUT2D eigenvalue weighted by molar-refractivity contribution is 5.98. The zero-order chi connectivity index (χ0) is 18.1. The summed E-state index contributed by atoms with van der Waals surface area (Å²) in [6.07, 6.45) is 3.89. The Labute approximate surface area is 151 Å². The van der Waals surface area contributed by atoms with Gasteiger partial charge in [-0.3, -0.25) is 14.5 Å². The largest absolute Gasteiger partial charge is 0.476 e. The number of fused-ring (bicyclic) bond motifs is 1. The molecule has 2 aliphatic heterocycles. The summed E-state index contributed by atoms with van der Waals surface area (Å²) in [4.78, 5) is 27.0. The number of carbonyl (C=O) groups excluding carboxylic acids is 1. The van der Waals surface area contributed by atoms with Crippen molar-refractivity contribution in [3.63, 3.8) is 0 Å². The molecule has 1 fully saturated rings. The van der Waals surface area contributed by atoms with Gasteiger partial charge in [-0.15, -0.1) is 0 Å². The SMILES string of the molecule is C[C@H](c1ccccc1)N1C(=O)COc2c1cnn(C1CCCCO1)c2=O. The van der Waals surface area contributed by atoms with Crippen LogP contribution in [0.4, 0.5) is 5.69 Å². The van der Waals surface area contributed by atoms with Crippen LogP contribution in [0, 0.1) is 0 Å². The average Bonchev–Trinajstić information content (AvgIpc) is 2.69. The van der Waals surface area contributed by atoms with E-state index in [0.717, 1.165) is 24.8 Å². The van der Waals surface area contributed by atoms with Crippen LogP contribution in [-0.2, 0) is 9.53 Å². The van der Waals surface area contributed by atoms with Gasteiger partial charge in [0, 0.05) is 6.61 Å². The third kappa shape index (κ3) is 2.88. The van der Waals surface area contributed by atoms with Crippen molar-refractivity contribution in [2.24, 2.45) is 0 Å². The van der Waals surface area contributed by atoms with Crippen LogP contribution in [0.1, 0.15) is 44.0 Å². The molecule has 1 saturated heterocycles. The standard InChI is InChI=1S/C19H21N3O4/c1-13(14-7-3-2-4-8-14)21-15-11-20-22(17-9-5-6-10-25-17)19(24)18(15)26-12-16(21)23/h2-4,7-8,11,13,17H,5-6,9-10,12H2,1H3/t13-,17?/m1/s1. The maximum atomic E-state index is 12.9. The summed E-state index contributed by atoms with van der Waals surface area (Å²) < 4.78 is 12.5. The Kier molecular flexibility index (Phi) is 4.46. The van der Waals surface area contributed by atoms with Gasteiger partial charge in [0.2, 0.25) is 5.75 Å². The summed E-state index contributed by atoms with van der Waals surface area (Å²) in [5.41, 5.74) is 1.04. The topological polar surface area (TPSA) is 73.7 Å².